The van der Waals surface area contributed by atoms with Crippen LogP contribution in [0.1, 0.15) is 48.4 Å². The first-order chi connectivity index (χ1) is 15.6. The van der Waals surface area contributed by atoms with Crippen molar-refractivity contribution in [2.24, 2.45) is 0 Å². The van der Waals surface area contributed by atoms with E-state index in [2.05, 4.69) is 29.0 Å². The quantitative estimate of drug-likeness (QED) is 0.231. The number of rotatable bonds is 6. The van der Waals surface area contributed by atoms with Gasteiger partial charge in [0.1, 0.15) is 16.2 Å². The number of carbonyl (C=O) groups is 1. The van der Waals surface area contributed by atoms with Crippen molar-refractivity contribution >= 4 is 61.4 Å². The average molecular weight is 481 g/mol. The molecule has 4 aromatic rings. The molecular weight excluding hydrogens is 456 g/mol. The summed E-state index contributed by atoms with van der Waals surface area (Å²) in [4.78, 5) is 30.6. The number of hydrogen-bond acceptors (Lipinski definition) is 7. The van der Waals surface area contributed by atoms with Gasteiger partial charge in [0.2, 0.25) is 5.91 Å². The van der Waals surface area contributed by atoms with Crippen molar-refractivity contribution in [3.63, 3.8) is 0 Å². The molecule has 3 heterocycles. The number of benzene rings is 1. The molecule has 5 nitrogen and oxygen atoms in total. The van der Waals surface area contributed by atoms with Gasteiger partial charge in [-0.2, -0.15) is 0 Å². The molecule has 32 heavy (non-hydrogen) atoms. The van der Waals surface area contributed by atoms with Crippen LogP contribution in [0.4, 0.5) is 10.8 Å². The first-order valence-corrected chi connectivity index (χ1v) is 13.5. The normalized spacial score (nSPS) is 13.3. The topological polar surface area (TPSA) is 59.0 Å². The third-order valence-corrected chi connectivity index (χ3v) is 8.82. The molecule has 0 radical (unpaired) electrons. The Balaban J connectivity index is 1.37. The molecule has 0 atom stereocenters. The minimum atomic E-state index is -0.0368. The Labute approximate surface area is 199 Å². The largest absolute Gasteiger partial charge is 0.274 e. The number of amides is 1. The third-order valence-electron chi connectivity index (χ3n) is 5.72. The van der Waals surface area contributed by atoms with Crippen molar-refractivity contribution in [1.82, 2.24) is 15.0 Å². The molecule has 0 bridgehead atoms. The van der Waals surface area contributed by atoms with Gasteiger partial charge in [-0.3, -0.25) is 9.69 Å². The van der Waals surface area contributed by atoms with Gasteiger partial charge in [-0.1, -0.05) is 30.8 Å². The average Bonchev–Trinajstić information content (AvgIpc) is 3.43. The van der Waals surface area contributed by atoms with Gasteiger partial charge < -0.3 is 0 Å². The van der Waals surface area contributed by atoms with Gasteiger partial charge in [-0.05, 0) is 55.4 Å². The Morgan fingerprint density at radius 3 is 2.75 bits per heavy atom. The zero-order valence-corrected chi connectivity index (χ0v) is 20.6. The van der Waals surface area contributed by atoms with Gasteiger partial charge in [0, 0.05) is 28.3 Å². The highest BCUT2D eigenvalue weighted by atomic mass is 32.2. The zero-order valence-electron chi connectivity index (χ0n) is 18.1. The van der Waals surface area contributed by atoms with Gasteiger partial charge in [-0.25, -0.2) is 15.0 Å². The second-order valence-electron chi connectivity index (χ2n) is 7.85. The lowest BCUT2D eigenvalue weighted by Crippen LogP contribution is -2.22. The van der Waals surface area contributed by atoms with Crippen LogP contribution in [-0.4, -0.2) is 20.9 Å². The maximum Gasteiger partial charge on any atom is 0.230 e. The predicted octanol–water partition coefficient (Wildman–Crippen LogP) is 6.57. The smallest absolute Gasteiger partial charge is 0.230 e. The summed E-state index contributed by atoms with van der Waals surface area (Å²) < 4.78 is 0. The first-order valence-electron chi connectivity index (χ1n) is 10.9. The summed E-state index contributed by atoms with van der Waals surface area (Å²) in [6.07, 6.45) is 7.45. The van der Waals surface area contributed by atoms with E-state index in [0.29, 0.717) is 10.9 Å². The number of fused-ring (bicyclic) bond motifs is 3. The summed E-state index contributed by atoms with van der Waals surface area (Å²) in [6.45, 7) is 3.71. The fourth-order valence-corrected chi connectivity index (χ4v) is 7.29. The molecule has 0 N–H and O–H groups in total. The second-order valence-corrected chi connectivity index (χ2v) is 10.7. The van der Waals surface area contributed by atoms with Gasteiger partial charge in [-0.15, -0.1) is 22.7 Å². The van der Waals surface area contributed by atoms with Gasteiger partial charge in [0.05, 0.1) is 11.4 Å². The predicted molar refractivity (Wildman–Crippen MR) is 134 cm³/mol. The van der Waals surface area contributed by atoms with E-state index in [9.17, 15) is 4.79 Å². The van der Waals surface area contributed by atoms with Crippen molar-refractivity contribution < 1.29 is 4.79 Å². The SMILES string of the molecule is CCc1ccc(N(C(C)=O)c2nc(CSc3ncnc4sc5c(c34)CCCC5)cs2)cc1. The minimum absolute atomic E-state index is 0.0368. The van der Waals surface area contributed by atoms with Crippen LogP contribution in [-0.2, 0) is 29.8 Å². The number of nitrogens with zero attached hydrogens (tertiary/aromatic N) is 4. The molecule has 8 heteroatoms. The first kappa shape index (κ1) is 21.6. The standard InChI is InChI=1S/C24H24N4OS3/c1-3-16-8-10-18(11-9-16)28(15(2)29)24-27-17(13-31-24)12-30-22-21-19-6-4-5-7-20(19)32-23(21)26-14-25-22/h8-11,13-14H,3-7,12H2,1-2H3. The molecule has 0 saturated heterocycles. The summed E-state index contributed by atoms with van der Waals surface area (Å²) in [7, 11) is 0. The van der Waals surface area contributed by atoms with Crippen molar-refractivity contribution in [1.29, 1.82) is 0 Å². The fraction of sp³-hybridized carbons (Fsp3) is 0.333. The number of hydrogen-bond donors (Lipinski definition) is 0. The Kier molecular flexibility index (Phi) is 6.26. The Bertz CT molecular complexity index is 1260. The lowest BCUT2D eigenvalue weighted by atomic mass is 9.97. The van der Waals surface area contributed by atoms with E-state index in [1.54, 1.807) is 29.9 Å². The molecule has 1 amide bonds. The molecule has 0 unspecified atom stereocenters. The number of aryl methyl sites for hydroxylation is 3. The van der Waals surface area contributed by atoms with Crippen molar-refractivity contribution in [3.8, 4) is 0 Å². The molecule has 3 aromatic heterocycles. The monoisotopic (exact) mass is 480 g/mol. The number of anilines is 2. The number of thiophene rings is 1. The van der Waals surface area contributed by atoms with Gasteiger partial charge in [0.25, 0.3) is 0 Å². The molecular formula is C24H24N4OS3. The lowest BCUT2D eigenvalue weighted by Gasteiger charge is -2.18. The molecule has 0 aliphatic heterocycles. The van der Waals surface area contributed by atoms with Crippen LogP contribution >= 0.6 is 34.4 Å². The van der Waals surface area contributed by atoms with E-state index in [0.717, 1.165) is 40.5 Å². The van der Waals surface area contributed by atoms with E-state index in [1.807, 2.05) is 28.8 Å². The Morgan fingerprint density at radius 2 is 1.97 bits per heavy atom. The molecule has 0 spiro atoms. The molecule has 1 aliphatic rings. The van der Waals surface area contributed by atoms with Crippen LogP contribution in [0.3, 0.4) is 0 Å². The summed E-state index contributed by atoms with van der Waals surface area (Å²) in [5.41, 5.74) is 4.52. The van der Waals surface area contributed by atoms with Crippen LogP contribution in [0.25, 0.3) is 10.2 Å². The highest BCUT2D eigenvalue weighted by Crippen LogP contribution is 2.40. The number of thioether (sulfide) groups is 1. The van der Waals surface area contributed by atoms with E-state index < -0.39 is 0 Å². The molecule has 164 valence electrons. The molecule has 0 saturated carbocycles. The van der Waals surface area contributed by atoms with Gasteiger partial charge in [0.15, 0.2) is 5.13 Å². The van der Waals surface area contributed by atoms with Crippen LogP contribution in [0.15, 0.2) is 41.0 Å². The van der Waals surface area contributed by atoms with Crippen LogP contribution in [0, 0.1) is 0 Å². The highest BCUT2D eigenvalue weighted by molar-refractivity contribution is 7.98. The van der Waals surface area contributed by atoms with Crippen molar-refractivity contribution in [2.75, 3.05) is 4.90 Å². The second kappa shape index (κ2) is 9.29. The summed E-state index contributed by atoms with van der Waals surface area (Å²) in [5.74, 6) is 0.679. The zero-order chi connectivity index (χ0) is 22.1. The lowest BCUT2D eigenvalue weighted by molar-refractivity contribution is -0.115. The maximum atomic E-state index is 12.4. The van der Waals surface area contributed by atoms with E-state index in [4.69, 9.17) is 4.98 Å². The number of aromatic nitrogens is 3. The summed E-state index contributed by atoms with van der Waals surface area (Å²) >= 11 is 5.04. The van der Waals surface area contributed by atoms with Gasteiger partial charge >= 0.3 is 0 Å². The third kappa shape index (κ3) is 4.19. The number of carbonyl (C=O) groups excluding carboxylic acids is 1. The van der Waals surface area contributed by atoms with E-state index >= 15 is 0 Å². The molecule has 1 aliphatic carbocycles. The summed E-state index contributed by atoms with van der Waals surface area (Å²) in [6, 6.07) is 8.12. The molecule has 0 fully saturated rings. The minimum Gasteiger partial charge on any atom is -0.274 e. The van der Waals surface area contributed by atoms with Crippen LogP contribution < -0.4 is 4.90 Å². The molecule has 1 aromatic carbocycles. The van der Waals surface area contributed by atoms with Crippen LogP contribution in [0.2, 0.25) is 0 Å². The number of thiazole rings is 1. The fourth-order valence-electron chi connectivity index (χ4n) is 4.09. The maximum absolute atomic E-state index is 12.4. The highest BCUT2D eigenvalue weighted by Gasteiger charge is 2.21. The summed E-state index contributed by atoms with van der Waals surface area (Å²) in [5, 5.41) is 5.04. The molecule has 5 rings (SSSR count). The van der Waals surface area contributed by atoms with E-state index in [1.165, 1.54) is 45.6 Å². The van der Waals surface area contributed by atoms with Crippen molar-refractivity contribution in [3.05, 3.63) is 57.7 Å². The Morgan fingerprint density at radius 1 is 1.16 bits per heavy atom. The Hall–Kier alpha value is -2.29. The van der Waals surface area contributed by atoms with Crippen molar-refractivity contribution in [2.45, 2.75) is 56.7 Å². The van der Waals surface area contributed by atoms with E-state index in [-0.39, 0.29) is 5.91 Å². The van der Waals surface area contributed by atoms with Crippen LogP contribution in [0.5, 0.6) is 0 Å².